The monoisotopic (exact) mass is 789 g/mol. The number of rotatable bonds is 7. The summed E-state index contributed by atoms with van der Waals surface area (Å²) in [6.07, 6.45) is 0. The first-order valence-electron chi connectivity index (χ1n) is 21.2. The van der Waals surface area contributed by atoms with E-state index < -0.39 is 0 Å². The van der Waals surface area contributed by atoms with Crippen LogP contribution in [0, 0.1) is 0 Å². The van der Waals surface area contributed by atoms with Gasteiger partial charge in [-0.05, 0) is 144 Å². The molecule has 11 aromatic carbocycles. The summed E-state index contributed by atoms with van der Waals surface area (Å²) in [4.78, 5) is 2.33. The van der Waals surface area contributed by atoms with Crippen LogP contribution in [0.15, 0.2) is 241 Å². The summed E-state index contributed by atoms with van der Waals surface area (Å²) in [6, 6.07) is 85.4. The summed E-state index contributed by atoms with van der Waals surface area (Å²) < 4.78 is 6.51. The fourth-order valence-electron chi connectivity index (χ4n) is 9.36. The van der Waals surface area contributed by atoms with Gasteiger partial charge < -0.3 is 9.32 Å². The number of furan rings is 1. The molecule has 290 valence electrons. The molecule has 0 spiro atoms. The normalized spacial score (nSPS) is 11.5. The summed E-state index contributed by atoms with van der Waals surface area (Å²) in [5.74, 6) is 0. The SMILES string of the molecule is c1ccc(-c2cccc(-c3cc4oc5ccccc5c4c4ccc(-c5ccc(N(c6ccccc6)c6ccc(-c7ccc8ccc9ccccc9c8c7)cc6)cc5)cc34)c2)cc1. The van der Waals surface area contributed by atoms with Crippen molar-refractivity contribution in [1.29, 1.82) is 0 Å². The van der Waals surface area contributed by atoms with Crippen molar-refractivity contribution in [1.82, 2.24) is 0 Å². The molecule has 0 amide bonds. The average molecular weight is 790 g/mol. The van der Waals surface area contributed by atoms with Gasteiger partial charge in [-0.2, -0.15) is 0 Å². The summed E-state index contributed by atoms with van der Waals surface area (Å²) in [5, 5.41) is 9.74. The Morgan fingerprint density at radius 3 is 1.50 bits per heavy atom. The molecule has 0 fully saturated rings. The Morgan fingerprint density at radius 2 is 0.758 bits per heavy atom. The van der Waals surface area contributed by atoms with Crippen LogP contribution < -0.4 is 4.90 Å². The number of fused-ring (bicyclic) bond motifs is 8. The topological polar surface area (TPSA) is 16.4 Å². The minimum atomic E-state index is 0.899. The molecule has 2 nitrogen and oxygen atoms in total. The van der Waals surface area contributed by atoms with Crippen LogP contribution in [0.2, 0.25) is 0 Å². The molecular formula is C60H39NO. The third kappa shape index (κ3) is 6.20. The van der Waals surface area contributed by atoms with Gasteiger partial charge in [0.15, 0.2) is 0 Å². The second kappa shape index (κ2) is 14.8. The van der Waals surface area contributed by atoms with Gasteiger partial charge in [0.05, 0.1) is 0 Å². The fourth-order valence-corrected chi connectivity index (χ4v) is 9.36. The molecule has 0 aliphatic carbocycles. The van der Waals surface area contributed by atoms with Crippen LogP contribution in [0.5, 0.6) is 0 Å². The summed E-state index contributed by atoms with van der Waals surface area (Å²) in [7, 11) is 0. The maximum atomic E-state index is 6.51. The quantitative estimate of drug-likeness (QED) is 0.150. The standard InChI is InChI=1S/C60H39NO/c1-3-12-40(13-4-1)45-15-11-16-48(36-45)56-39-59-60(54-20-9-10-21-58(54)62-59)53-35-30-47(38-57(53)56)42-28-33-51(34-29-42)61(49-17-5-2-6-18-49)50-31-26-41(27-32-50)46-25-24-44-23-22-43-14-7-8-19-52(43)55(44)37-46/h1-39H. The largest absolute Gasteiger partial charge is 0.456 e. The summed E-state index contributed by atoms with van der Waals surface area (Å²) >= 11 is 0. The van der Waals surface area contributed by atoms with E-state index in [1.165, 1.54) is 54.6 Å². The lowest BCUT2D eigenvalue weighted by Gasteiger charge is -2.26. The Labute approximate surface area is 360 Å². The lowest BCUT2D eigenvalue weighted by atomic mass is 9.91. The van der Waals surface area contributed by atoms with E-state index in [4.69, 9.17) is 4.42 Å². The minimum absolute atomic E-state index is 0.899. The van der Waals surface area contributed by atoms with E-state index in [0.29, 0.717) is 0 Å². The van der Waals surface area contributed by atoms with E-state index in [2.05, 4.69) is 235 Å². The molecule has 0 aliphatic rings. The van der Waals surface area contributed by atoms with E-state index in [0.717, 1.165) is 61.3 Å². The minimum Gasteiger partial charge on any atom is -0.456 e. The van der Waals surface area contributed by atoms with Crippen LogP contribution in [0.1, 0.15) is 0 Å². The zero-order chi connectivity index (χ0) is 41.0. The molecule has 12 aromatic rings. The van der Waals surface area contributed by atoms with Gasteiger partial charge in [0.2, 0.25) is 0 Å². The number of benzene rings is 11. The highest BCUT2D eigenvalue weighted by molar-refractivity contribution is 6.22. The molecule has 0 N–H and O–H groups in total. The van der Waals surface area contributed by atoms with Crippen molar-refractivity contribution in [3.8, 4) is 44.5 Å². The van der Waals surface area contributed by atoms with E-state index in [9.17, 15) is 0 Å². The van der Waals surface area contributed by atoms with Gasteiger partial charge in [-0.1, -0.05) is 170 Å². The van der Waals surface area contributed by atoms with Crippen molar-refractivity contribution < 1.29 is 4.42 Å². The van der Waals surface area contributed by atoms with E-state index >= 15 is 0 Å². The molecule has 2 heteroatoms. The van der Waals surface area contributed by atoms with Crippen molar-refractivity contribution >= 4 is 71.3 Å². The van der Waals surface area contributed by atoms with Crippen LogP contribution in [-0.4, -0.2) is 0 Å². The molecule has 0 atom stereocenters. The third-order valence-corrected chi connectivity index (χ3v) is 12.4. The Hall–Kier alpha value is -8.20. The number of para-hydroxylation sites is 2. The van der Waals surface area contributed by atoms with Crippen LogP contribution in [0.4, 0.5) is 17.1 Å². The molecule has 0 unspecified atom stereocenters. The predicted octanol–water partition coefficient (Wildman–Crippen LogP) is 17.2. The van der Waals surface area contributed by atoms with Gasteiger partial charge >= 0.3 is 0 Å². The zero-order valence-electron chi connectivity index (χ0n) is 33.9. The van der Waals surface area contributed by atoms with Crippen molar-refractivity contribution in [2.75, 3.05) is 4.90 Å². The molecular weight excluding hydrogens is 751 g/mol. The number of hydrogen-bond donors (Lipinski definition) is 0. The Bertz CT molecular complexity index is 3610. The van der Waals surface area contributed by atoms with Crippen molar-refractivity contribution in [2.24, 2.45) is 0 Å². The van der Waals surface area contributed by atoms with Crippen LogP contribution in [0.25, 0.3) is 98.8 Å². The fraction of sp³-hybridized carbons (Fsp3) is 0. The van der Waals surface area contributed by atoms with Gasteiger partial charge in [-0.25, -0.2) is 0 Å². The van der Waals surface area contributed by atoms with Gasteiger partial charge in [0.1, 0.15) is 11.2 Å². The summed E-state index contributed by atoms with van der Waals surface area (Å²) in [5.41, 5.74) is 14.5. The molecule has 0 bridgehead atoms. The molecule has 0 saturated carbocycles. The van der Waals surface area contributed by atoms with E-state index in [-0.39, 0.29) is 0 Å². The lowest BCUT2D eigenvalue weighted by molar-refractivity contribution is 0.669. The molecule has 0 radical (unpaired) electrons. The number of nitrogens with zero attached hydrogens (tertiary/aromatic N) is 1. The first kappa shape index (κ1) is 35.7. The smallest absolute Gasteiger partial charge is 0.136 e. The van der Waals surface area contributed by atoms with Gasteiger partial charge in [-0.15, -0.1) is 0 Å². The lowest BCUT2D eigenvalue weighted by Crippen LogP contribution is -2.09. The molecule has 12 rings (SSSR count). The first-order chi connectivity index (χ1) is 30.7. The Morgan fingerprint density at radius 1 is 0.258 bits per heavy atom. The van der Waals surface area contributed by atoms with E-state index in [1.807, 2.05) is 6.07 Å². The van der Waals surface area contributed by atoms with Crippen LogP contribution in [0.3, 0.4) is 0 Å². The molecule has 0 aliphatic heterocycles. The molecule has 62 heavy (non-hydrogen) atoms. The second-order valence-electron chi connectivity index (χ2n) is 16.1. The van der Waals surface area contributed by atoms with Crippen LogP contribution >= 0.6 is 0 Å². The predicted molar refractivity (Wildman–Crippen MR) is 263 cm³/mol. The maximum absolute atomic E-state index is 6.51. The molecule has 1 aromatic heterocycles. The number of anilines is 3. The van der Waals surface area contributed by atoms with Crippen molar-refractivity contribution in [2.45, 2.75) is 0 Å². The zero-order valence-corrected chi connectivity index (χ0v) is 33.9. The highest BCUT2D eigenvalue weighted by Crippen LogP contribution is 2.43. The van der Waals surface area contributed by atoms with Gasteiger partial charge in [0.25, 0.3) is 0 Å². The second-order valence-corrected chi connectivity index (χ2v) is 16.1. The highest BCUT2D eigenvalue weighted by Gasteiger charge is 2.18. The summed E-state index contributed by atoms with van der Waals surface area (Å²) in [6.45, 7) is 0. The van der Waals surface area contributed by atoms with Crippen LogP contribution in [-0.2, 0) is 0 Å². The first-order valence-corrected chi connectivity index (χ1v) is 21.2. The number of hydrogen-bond acceptors (Lipinski definition) is 2. The Balaban J connectivity index is 0.932. The van der Waals surface area contributed by atoms with E-state index in [1.54, 1.807) is 0 Å². The third-order valence-electron chi connectivity index (χ3n) is 12.4. The van der Waals surface area contributed by atoms with Gasteiger partial charge in [0, 0.05) is 27.8 Å². The Kier molecular flexibility index (Phi) is 8.53. The molecule has 1 heterocycles. The maximum Gasteiger partial charge on any atom is 0.136 e. The van der Waals surface area contributed by atoms with Crippen molar-refractivity contribution in [3.63, 3.8) is 0 Å². The highest BCUT2D eigenvalue weighted by atomic mass is 16.3. The molecule has 0 saturated heterocycles. The van der Waals surface area contributed by atoms with Gasteiger partial charge in [-0.3, -0.25) is 0 Å². The average Bonchev–Trinajstić information content (AvgIpc) is 3.73. The van der Waals surface area contributed by atoms with Crippen molar-refractivity contribution in [3.05, 3.63) is 237 Å².